The zero-order valence-corrected chi connectivity index (χ0v) is 14.3. The molecular weight excluding hydrogens is 304 g/mol. The minimum absolute atomic E-state index is 0.121. The van der Waals surface area contributed by atoms with E-state index in [4.69, 9.17) is 4.42 Å². The molecule has 6 nitrogen and oxygen atoms in total. The molecule has 3 heterocycles. The van der Waals surface area contributed by atoms with E-state index in [-0.39, 0.29) is 5.91 Å². The van der Waals surface area contributed by atoms with Gasteiger partial charge in [-0.1, -0.05) is 6.07 Å². The second-order valence-electron chi connectivity index (χ2n) is 6.21. The van der Waals surface area contributed by atoms with Gasteiger partial charge in [0.15, 0.2) is 0 Å². The van der Waals surface area contributed by atoms with E-state index in [2.05, 4.69) is 14.8 Å². The molecule has 0 bridgehead atoms. The van der Waals surface area contributed by atoms with Crippen LogP contribution >= 0.6 is 0 Å². The quantitative estimate of drug-likeness (QED) is 0.837. The molecule has 0 N–H and O–H groups in total. The monoisotopic (exact) mass is 328 g/mol. The number of rotatable bonds is 5. The van der Waals surface area contributed by atoms with Gasteiger partial charge < -0.3 is 14.2 Å². The summed E-state index contributed by atoms with van der Waals surface area (Å²) in [6.07, 6.45) is 1.82. The van der Waals surface area contributed by atoms with E-state index in [0.717, 1.165) is 43.5 Å². The van der Waals surface area contributed by atoms with Crippen molar-refractivity contribution in [2.45, 2.75) is 13.5 Å². The van der Waals surface area contributed by atoms with Crippen molar-refractivity contribution in [1.82, 2.24) is 14.8 Å². The molecule has 0 radical (unpaired) electrons. The maximum absolute atomic E-state index is 12.4. The van der Waals surface area contributed by atoms with Crippen molar-refractivity contribution in [1.29, 1.82) is 0 Å². The first kappa shape index (κ1) is 16.5. The van der Waals surface area contributed by atoms with Crippen LogP contribution in [0.3, 0.4) is 0 Å². The first-order chi connectivity index (χ1) is 11.6. The molecule has 1 aliphatic rings. The Bertz CT molecular complexity index is 663. The number of piperazine rings is 1. The molecule has 1 fully saturated rings. The maximum Gasteiger partial charge on any atom is 0.236 e. The zero-order valence-electron chi connectivity index (χ0n) is 14.3. The second-order valence-corrected chi connectivity index (χ2v) is 6.21. The van der Waals surface area contributed by atoms with Gasteiger partial charge >= 0.3 is 0 Å². The number of likely N-dealkylation sites (N-methyl/N-ethyl adjacent to an activating group) is 1. The standard InChI is InChI=1S/C18H24N4O2/c1-15-6-7-16(24-15)13-20(2)18(23)14-21-9-11-22(12-10-21)17-5-3-4-8-19-17/h3-8H,9-14H2,1-2H3. The third kappa shape index (κ3) is 4.14. The molecule has 0 spiro atoms. The molecule has 24 heavy (non-hydrogen) atoms. The summed E-state index contributed by atoms with van der Waals surface area (Å²) < 4.78 is 5.54. The van der Waals surface area contributed by atoms with Gasteiger partial charge in [-0.3, -0.25) is 9.69 Å². The summed E-state index contributed by atoms with van der Waals surface area (Å²) in [5.41, 5.74) is 0. The fourth-order valence-corrected chi connectivity index (χ4v) is 2.88. The van der Waals surface area contributed by atoms with E-state index in [1.807, 2.05) is 50.5 Å². The summed E-state index contributed by atoms with van der Waals surface area (Å²) in [6.45, 7) is 6.40. The first-order valence-electron chi connectivity index (χ1n) is 8.29. The number of hydrogen-bond acceptors (Lipinski definition) is 5. The Morgan fingerprint density at radius 1 is 1.21 bits per heavy atom. The lowest BCUT2D eigenvalue weighted by Gasteiger charge is -2.35. The third-order valence-corrected chi connectivity index (χ3v) is 4.32. The fourth-order valence-electron chi connectivity index (χ4n) is 2.88. The molecule has 2 aromatic rings. The van der Waals surface area contributed by atoms with E-state index >= 15 is 0 Å². The second kappa shape index (κ2) is 7.49. The van der Waals surface area contributed by atoms with E-state index < -0.39 is 0 Å². The Kier molecular flexibility index (Phi) is 5.15. The number of anilines is 1. The van der Waals surface area contributed by atoms with E-state index in [1.165, 1.54) is 0 Å². The Labute approximate surface area is 142 Å². The number of hydrogen-bond donors (Lipinski definition) is 0. The number of nitrogens with zero attached hydrogens (tertiary/aromatic N) is 4. The van der Waals surface area contributed by atoms with Crippen LogP contribution < -0.4 is 4.90 Å². The number of pyridine rings is 1. The molecule has 1 saturated heterocycles. The summed E-state index contributed by atoms with van der Waals surface area (Å²) in [5, 5.41) is 0. The van der Waals surface area contributed by atoms with Crippen molar-refractivity contribution in [2.75, 3.05) is 44.7 Å². The Morgan fingerprint density at radius 3 is 2.62 bits per heavy atom. The fraction of sp³-hybridized carbons (Fsp3) is 0.444. The molecule has 1 amide bonds. The van der Waals surface area contributed by atoms with Gasteiger partial charge in [-0.05, 0) is 31.2 Å². The lowest BCUT2D eigenvalue weighted by molar-refractivity contribution is -0.132. The highest BCUT2D eigenvalue weighted by Gasteiger charge is 2.21. The predicted molar refractivity (Wildman–Crippen MR) is 92.8 cm³/mol. The average molecular weight is 328 g/mol. The molecule has 2 aromatic heterocycles. The molecule has 3 rings (SSSR count). The van der Waals surface area contributed by atoms with Gasteiger partial charge in [0.1, 0.15) is 17.3 Å². The molecular formula is C18H24N4O2. The van der Waals surface area contributed by atoms with Gasteiger partial charge in [-0.25, -0.2) is 4.98 Å². The maximum atomic E-state index is 12.4. The topological polar surface area (TPSA) is 52.8 Å². The van der Waals surface area contributed by atoms with Gasteiger partial charge in [0.05, 0.1) is 13.1 Å². The molecule has 0 aromatic carbocycles. The Morgan fingerprint density at radius 2 is 2.00 bits per heavy atom. The third-order valence-electron chi connectivity index (χ3n) is 4.32. The van der Waals surface area contributed by atoms with Crippen LogP contribution in [0.25, 0.3) is 0 Å². The smallest absolute Gasteiger partial charge is 0.236 e. The summed E-state index contributed by atoms with van der Waals surface area (Å²) >= 11 is 0. The van der Waals surface area contributed by atoms with Crippen molar-refractivity contribution in [3.63, 3.8) is 0 Å². The zero-order chi connectivity index (χ0) is 16.9. The van der Waals surface area contributed by atoms with Gasteiger partial charge in [-0.15, -0.1) is 0 Å². The molecule has 1 aliphatic heterocycles. The average Bonchev–Trinajstić information content (AvgIpc) is 3.01. The molecule has 128 valence electrons. The summed E-state index contributed by atoms with van der Waals surface area (Å²) in [5.74, 6) is 2.82. The molecule has 0 aliphatic carbocycles. The lowest BCUT2D eigenvalue weighted by Crippen LogP contribution is -2.49. The SMILES string of the molecule is Cc1ccc(CN(C)C(=O)CN2CCN(c3ccccn3)CC2)o1. The first-order valence-corrected chi connectivity index (χ1v) is 8.29. The lowest BCUT2D eigenvalue weighted by atomic mass is 10.3. The summed E-state index contributed by atoms with van der Waals surface area (Å²) in [7, 11) is 1.82. The van der Waals surface area contributed by atoms with Crippen LogP contribution in [0.2, 0.25) is 0 Å². The van der Waals surface area contributed by atoms with Crippen molar-refractivity contribution in [3.05, 3.63) is 48.0 Å². The minimum atomic E-state index is 0.121. The van der Waals surface area contributed by atoms with Crippen LogP contribution in [0.1, 0.15) is 11.5 Å². The number of aryl methyl sites for hydroxylation is 1. The van der Waals surface area contributed by atoms with E-state index in [1.54, 1.807) is 4.90 Å². The minimum Gasteiger partial charge on any atom is -0.464 e. The molecule has 6 heteroatoms. The van der Waals surface area contributed by atoms with Crippen molar-refractivity contribution in [3.8, 4) is 0 Å². The van der Waals surface area contributed by atoms with Crippen molar-refractivity contribution in [2.24, 2.45) is 0 Å². The van der Waals surface area contributed by atoms with Crippen molar-refractivity contribution < 1.29 is 9.21 Å². The number of furan rings is 1. The largest absolute Gasteiger partial charge is 0.464 e. The Hall–Kier alpha value is -2.34. The summed E-state index contributed by atoms with van der Waals surface area (Å²) in [4.78, 5) is 23.0. The van der Waals surface area contributed by atoms with E-state index in [9.17, 15) is 4.79 Å². The highest BCUT2D eigenvalue weighted by molar-refractivity contribution is 5.78. The van der Waals surface area contributed by atoms with Crippen LogP contribution in [0.4, 0.5) is 5.82 Å². The van der Waals surface area contributed by atoms with Gasteiger partial charge in [0, 0.05) is 39.4 Å². The molecule has 0 atom stereocenters. The normalized spacial score (nSPS) is 15.5. The van der Waals surface area contributed by atoms with E-state index in [0.29, 0.717) is 13.1 Å². The van der Waals surface area contributed by atoms with Crippen LogP contribution in [0.5, 0.6) is 0 Å². The van der Waals surface area contributed by atoms with Crippen LogP contribution in [0.15, 0.2) is 40.9 Å². The van der Waals surface area contributed by atoms with Crippen LogP contribution in [-0.2, 0) is 11.3 Å². The van der Waals surface area contributed by atoms with Crippen molar-refractivity contribution >= 4 is 11.7 Å². The highest BCUT2D eigenvalue weighted by Crippen LogP contribution is 2.13. The molecule has 0 unspecified atom stereocenters. The van der Waals surface area contributed by atoms with Gasteiger partial charge in [0.25, 0.3) is 0 Å². The van der Waals surface area contributed by atoms with Gasteiger partial charge in [-0.2, -0.15) is 0 Å². The Balaban J connectivity index is 1.46. The molecule has 0 saturated carbocycles. The summed E-state index contributed by atoms with van der Waals surface area (Å²) in [6, 6.07) is 9.80. The van der Waals surface area contributed by atoms with Gasteiger partial charge in [0.2, 0.25) is 5.91 Å². The number of carbonyl (C=O) groups is 1. The predicted octanol–water partition coefficient (Wildman–Crippen LogP) is 1.76. The highest BCUT2D eigenvalue weighted by atomic mass is 16.3. The number of carbonyl (C=O) groups excluding carboxylic acids is 1. The number of amides is 1. The number of aromatic nitrogens is 1. The van der Waals surface area contributed by atoms with Crippen LogP contribution in [-0.4, -0.2) is 60.5 Å². The van der Waals surface area contributed by atoms with Crippen LogP contribution in [0, 0.1) is 6.92 Å².